The molecule has 0 radical (unpaired) electrons. The fourth-order valence-corrected chi connectivity index (χ4v) is 4.83. The van der Waals surface area contributed by atoms with Gasteiger partial charge in [-0.25, -0.2) is 9.78 Å². The lowest BCUT2D eigenvalue weighted by atomic mass is 9.76. The van der Waals surface area contributed by atoms with Crippen LogP contribution in [0, 0.1) is 12.3 Å². The minimum absolute atomic E-state index is 0.260. The van der Waals surface area contributed by atoms with Crippen LogP contribution in [0.5, 0.6) is 0 Å². The van der Waals surface area contributed by atoms with Gasteiger partial charge in [-0.3, -0.25) is 0 Å². The van der Waals surface area contributed by atoms with E-state index in [1.165, 1.54) is 5.57 Å². The van der Waals surface area contributed by atoms with Crippen molar-refractivity contribution in [1.29, 1.82) is 0 Å². The number of pyridine rings is 1. The monoisotopic (exact) mass is 439 g/mol. The lowest BCUT2D eigenvalue weighted by Gasteiger charge is -2.32. The largest absolute Gasteiger partial charge is 0.479 e. The maximum atomic E-state index is 12.4. The van der Waals surface area contributed by atoms with Gasteiger partial charge in [-0.15, -0.1) is 0 Å². The highest BCUT2D eigenvalue weighted by atomic mass is 32.2. The van der Waals surface area contributed by atoms with E-state index < -0.39 is 17.7 Å². The maximum absolute atomic E-state index is 12.4. The van der Waals surface area contributed by atoms with E-state index in [9.17, 15) is 9.90 Å². The Hall–Kier alpha value is -2.11. The van der Waals surface area contributed by atoms with Gasteiger partial charge in [0.25, 0.3) is 0 Å². The lowest BCUT2D eigenvalue weighted by molar-refractivity contribution is -0.160. The zero-order valence-electron chi connectivity index (χ0n) is 19.4. The minimum atomic E-state index is -1.03. The molecule has 3 rings (SSSR count). The molecule has 0 spiro atoms. The average molecular weight is 440 g/mol. The highest BCUT2D eigenvalue weighted by Gasteiger charge is 2.33. The number of nitrogens with zero attached hydrogens (tertiary/aromatic N) is 1. The van der Waals surface area contributed by atoms with Crippen molar-refractivity contribution in [1.82, 2.24) is 4.98 Å². The Morgan fingerprint density at radius 1 is 1.23 bits per heavy atom. The number of carboxylic acid groups (broad SMARTS) is 1. The first-order valence-electron chi connectivity index (χ1n) is 10.8. The van der Waals surface area contributed by atoms with Gasteiger partial charge in [0.2, 0.25) is 0 Å². The second-order valence-corrected chi connectivity index (χ2v) is 11.0. The van der Waals surface area contributed by atoms with Crippen molar-refractivity contribution in [2.24, 2.45) is 5.41 Å². The number of allylic oxidation sites excluding steroid dienone is 2. The summed E-state index contributed by atoms with van der Waals surface area (Å²) in [6, 6.07) is 9.93. The van der Waals surface area contributed by atoms with Crippen LogP contribution in [0.2, 0.25) is 0 Å². The lowest BCUT2D eigenvalue weighted by Crippen LogP contribution is -2.29. The van der Waals surface area contributed by atoms with E-state index in [2.05, 4.69) is 31.0 Å². The van der Waals surface area contributed by atoms with E-state index >= 15 is 0 Å². The van der Waals surface area contributed by atoms with Gasteiger partial charge in [-0.1, -0.05) is 43.8 Å². The molecular formula is C26H33NO3S. The molecule has 1 unspecified atom stereocenters. The van der Waals surface area contributed by atoms with Crippen LogP contribution in [0.15, 0.2) is 52.5 Å². The number of ether oxygens (including phenoxy) is 1. The highest BCUT2D eigenvalue weighted by Crippen LogP contribution is 2.45. The number of rotatable bonds is 6. The van der Waals surface area contributed by atoms with E-state index in [4.69, 9.17) is 4.74 Å². The molecule has 1 N–H and O–H groups in total. The Balaban J connectivity index is 2.20. The molecule has 166 valence electrons. The summed E-state index contributed by atoms with van der Waals surface area (Å²) in [7, 11) is 0. The molecule has 1 aliphatic rings. The molecule has 0 saturated carbocycles. The van der Waals surface area contributed by atoms with Crippen LogP contribution in [0.3, 0.4) is 0 Å². The predicted molar refractivity (Wildman–Crippen MR) is 126 cm³/mol. The summed E-state index contributed by atoms with van der Waals surface area (Å²) in [6.45, 7) is 12.2. The molecule has 0 fully saturated rings. The molecule has 1 heterocycles. The highest BCUT2D eigenvalue weighted by molar-refractivity contribution is 7.99. The van der Waals surface area contributed by atoms with E-state index in [-0.39, 0.29) is 5.41 Å². The van der Waals surface area contributed by atoms with Gasteiger partial charge in [-0.05, 0) is 87.3 Å². The number of aliphatic carboxylic acids is 1. The predicted octanol–water partition coefficient (Wildman–Crippen LogP) is 7.08. The van der Waals surface area contributed by atoms with Crippen molar-refractivity contribution in [3.05, 3.63) is 59.3 Å². The zero-order valence-corrected chi connectivity index (χ0v) is 20.2. The van der Waals surface area contributed by atoms with E-state index in [0.717, 1.165) is 45.9 Å². The van der Waals surface area contributed by atoms with Crippen molar-refractivity contribution in [2.45, 2.75) is 82.4 Å². The minimum Gasteiger partial charge on any atom is -0.479 e. The molecule has 0 bridgehead atoms. The molecule has 0 saturated heterocycles. The molecule has 5 heteroatoms. The topological polar surface area (TPSA) is 59.4 Å². The molecule has 1 atom stereocenters. The van der Waals surface area contributed by atoms with Crippen LogP contribution in [-0.4, -0.2) is 21.7 Å². The number of hydrogen-bond acceptors (Lipinski definition) is 4. The van der Waals surface area contributed by atoms with Crippen molar-refractivity contribution in [3.8, 4) is 0 Å². The Kier molecular flexibility index (Phi) is 6.97. The van der Waals surface area contributed by atoms with Gasteiger partial charge in [0.05, 0.1) is 5.60 Å². The summed E-state index contributed by atoms with van der Waals surface area (Å²) in [5.41, 5.74) is 3.58. The average Bonchev–Trinajstić information content (AvgIpc) is 2.68. The molecule has 2 aromatic rings. The first kappa shape index (κ1) is 23.6. The smallest absolute Gasteiger partial charge is 0.337 e. The van der Waals surface area contributed by atoms with Crippen molar-refractivity contribution in [3.63, 3.8) is 0 Å². The molecule has 0 amide bonds. The summed E-state index contributed by atoms with van der Waals surface area (Å²) in [5.74, 6) is -0.962. The Labute approximate surface area is 190 Å². The number of aromatic nitrogens is 1. The number of benzene rings is 1. The van der Waals surface area contributed by atoms with Gasteiger partial charge in [-0.2, -0.15) is 0 Å². The van der Waals surface area contributed by atoms with E-state index in [0.29, 0.717) is 0 Å². The fourth-order valence-electron chi connectivity index (χ4n) is 3.87. The number of hydrogen-bond donors (Lipinski definition) is 1. The summed E-state index contributed by atoms with van der Waals surface area (Å²) in [6.07, 6.45) is 6.00. The number of carboxylic acids is 1. The summed E-state index contributed by atoms with van der Waals surface area (Å²) in [4.78, 5) is 17.9. The molecule has 1 aromatic heterocycles. The SMILES string of the molecule is Cc1ccc(Sc2ccccn2)c(C2=CCC(C)(C)CC2)c1C(OC(C)(C)C)C(=O)O. The van der Waals surface area contributed by atoms with Crippen molar-refractivity contribution >= 4 is 23.3 Å². The van der Waals surface area contributed by atoms with Crippen molar-refractivity contribution < 1.29 is 14.6 Å². The van der Waals surface area contributed by atoms with Crippen LogP contribution in [0.25, 0.3) is 5.57 Å². The van der Waals surface area contributed by atoms with Crippen LogP contribution in [-0.2, 0) is 9.53 Å². The molecule has 4 nitrogen and oxygen atoms in total. The van der Waals surface area contributed by atoms with E-state index in [1.807, 2.05) is 52.0 Å². The maximum Gasteiger partial charge on any atom is 0.337 e. The molecular weight excluding hydrogens is 406 g/mol. The third-order valence-corrected chi connectivity index (χ3v) is 6.54. The molecule has 1 aliphatic carbocycles. The normalized spacial score (nSPS) is 17.2. The third kappa shape index (κ3) is 5.98. The molecule has 31 heavy (non-hydrogen) atoms. The fraction of sp³-hybridized carbons (Fsp3) is 0.462. The van der Waals surface area contributed by atoms with Gasteiger partial charge < -0.3 is 9.84 Å². The number of aryl methyl sites for hydroxylation is 1. The first-order chi connectivity index (χ1) is 14.5. The van der Waals surface area contributed by atoms with Crippen molar-refractivity contribution in [2.75, 3.05) is 0 Å². The quantitative estimate of drug-likeness (QED) is 0.521. The second kappa shape index (κ2) is 9.17. The van der Waals surface area contributed by atoms with E-state index in [1.54, 1.807) is 18.0 Å². The Bertz CT molecular complexity index is 974. The second-order valence-electron chi connectivity index (χ2n) is 9.99. The number of carbonyl (C=O) groups is 1. The Morgan fingerprint density at radius 2 is 1.97 bits per heavy atom. The van der Waals surface area contributed by atoms with Crippen LogP contribution >= 0.6 is 11.8 Å². The first-order valence-corrected chi connectivity index (χ1v) is 11.6. The summed E-state index contributed by atoms with van der Waals surface area (Å²) in [5, 5.41) is 11.0. The van der Waals surface area contributed by atoms with Crippen LogP contribution in [0.1, 0.15) is 76.7 Å². The van der Waals surface area contributed by atoms with Gasteiger partial charge in [0.15, 0.2) is 6.10 Å². The zero-order chi connectivity index (χ0) is 22.8. The molecule has 1 aromatic carbocycles. The Morgan fingerprint density at radius 3 is 2.52 bits per heavy atom. The van der Waals surface area contributed by atoms with Gasteiger partial charge in [0.1, 0.15) is 5.03 Å². The standard InChI is InChI=1S/C26H33NO3S/c1-17-10-11-19(31-20-9-7-8-16-27-20)22(18-12-14-26(5,6)15-13-18)21(17)23(24(28)29)30-25(2,3)4/h7-12,16,23H,13-15H2,1-6H3,(H,28,29). The van der Waals surface area contributed by atoms with Crippen LogP contribution < -0.4 is 0 Å². The summed E-state index contributed by atoms with van der Waals surface area (Å²) >= 11 is 1.58. The van der Waals surface area contributed by atoms with Gasteiger partial charge in [0, 0.05) is 16.7 Å². The summed E-state index contributed by atoms with van der Waals surface area (Å²) < 4.78 is 6.09. The molecule has 0 aliphatic heterocycles. The van der Waals surface area contributed by atoms with Gasteiger partial charge >= 0.3 is 5.97 Å². The third-order valence-electron chi connectivity index (χ3n) is 5.53. The van der Waals surface area contributed by atoms with Crippen LogP contribution in [0.4, 0.5) is 0 Å².